The summed E-state index contributed by atoms with van der Waals surface area (Å²) in [5.41, 5.74) is 0.996. The summed E-state index contributed by atoms with van der Waals surface area (Å²) in [6.07, 6.45) is 0.484. The van der Waals surface area contributed by atoms with Crippen molar-refractivity contribution in [2.75, 3.05) is 27.2 Å². The number of Topliss-reactive ketones (excluding diaryl/α,β-unsaturated/α-hetero) is 1. The smallest absolute Gasteiger partial charge is 0.314 e. The van der Waals surface area contributed by atoms with E-state index in [0.29, 0.717) is 13.0 Å². The number of ether oxygens (including phenoxy) is 1. The molecule has 1 rings (SSSR count). The molecular formula is C17H22N4O4. The molecule has 0 fully saturated rings. The predicted octanol–water partition coefficient (Wildman–Crippen LogP) is 0.382. The molecule has 0 aliphatic carbocycles. The Bertz CT molecular complexity index is 637. The van der Waals surface area contributed by atoms with Crippen LogP contribution in [-0.2, 0) is 16.0 Å². The Balaban J connectivity index is 2.40. The van der Waals surface area contributed by atoms with Crippen LogP contribution in [0.15, 0.2) is 24.3 Å². The summed E-state index contributed by atoms with van der Waals surface area (Å²) in [6.45, 7) is 0.378. The van der Waals surface area contributed by atoms with Crippen molar-refractivity contribution in [2.24, 2.45) is 5.92 Å². The van der Waals surface area contributed by atoms with Crippen molar-refractivity contribution in [1.82, 2.24) is 16.0 Å². The summed E-state index contributed by atoms with van der Waals surface area (Å²) in [6, 6.07) is 8.68. The molecule has 8 heteroatoms. The Kier molecular flexibility index (Phi) is 8.50. The quantitative estimate of drug-likeness (QED) is 0.558. The number of rotatable bonds is 9. The van der Waals surface area contributed by atoms with Crippen molar-refractivity contribution in [3.8, 4) is 11.8 Å². The zero-order chi connectivity index (χ0) is 18.7. The second-order valence-corrected chi connectivity index (χ2v) is 5.17. The van der Waals surface area contributed by atoms with Gasteiger partial charge in [0, 0.05) is 26.6 Å². The predicted molar refractivity (Wildman–Crippen MR) is 90.9 cm³/mol. The van der Waals surface area contributed by atoms with Gasteiger partial charge in [-0.25, -0.2) is 4.79 Å². The average Bonchev–Trinajstić information content (AvgIpc) is 2.62. The van der Waals surface area contributed by atoms with Gasteiger partial charge in [-0.2, -0.15) is 5.26 Å². The highest BCUT2D eigenvalue weighted by Crippen LogP contribution is 2.11. The van der Waals surface area contributed by atoms with Gasteiger partial charge in [-0.3, -0.25) is 9.59 Å². The Morgan fingerprint density at radius 3 is 2.40 bits per heavy atom. The average molecular weight is 346 g/mol. The number of methoxy groups -OCH3 is 1. The maximum atomic E-state index is 12.0. The molecule has 0 aromatic heterocycles. The van der Waals surface area contributed by atoms with Gasteiger partial charge in [-0.15, -0.1) is 0 Å². The Labute approximate surface area is 146 Å². The van der Waals surface area contributed by atoms with E-state index in [-0.39, 0.29) is 13.0 Å². The number of ketones is 1. The van der Waals surface area contributed by atoms with E-state index < -0.39 is 23.6 Å². The van der Waals surface area contributed by atoms with E-state index in [1.54, 1.807) is 13.2 Å². The SMILES string of the molecule is CNC(=O)NCCC(=O)C(C#N)C(=O)NCCc1ccc(OC)cc1. The standard InChI is InChI=1S/C17H22N4O4/c1-19-17(24)21-10-8-15(22)14(11-18)16(23)20-9-7-12-3-5-13(25-2)6-4-12/h3-6,14H,7-10H2,1-2H3,(H,20,23)(H2,19,21,24). The van der Waals surface area contributed by atoms with Crippen LogP contribution in [0.25, 0.3) is 0 Å². The first kappa shape index (κ1) is 20.0. The molecule has 0 saturated carbocycles. The monoisotopic (exact) mass is 346 g/mol. The lowest BCUT2D eigenvalue weighted by molar-refractivity contribution is -0.131. The van der Waals surface area contributed by atoms with Crippen LogP contribution in [0, 0.1) is 17.2 Å². The number of carbonyl (C=O) groups is 3. The Morgan fingerprint density at radius 2 is 1.84 bits per heavy atom. The highest BCUT2D eigenvalue weighted by atomic mass is 16.5. The molecule has 0 spiro atoms. The third kappa shape index (κ3) is 6.91. The van der Waals surface area contributed by atoms with E-state index in [9.17, 15) is 14.4 Å². The number of urea groups is 1. The number of hydrogen-bond donors (Lipinski definition) is 3. The Morgan fingerprint density at radius 1 is 1.16 bits per heavy atom. The fourth-order valence-corrected chi connectivity index (χ4v) is 2.03. The van der Waals surface area contributed by atoms with Crippen molar-refractivity contribution in [1.29, 1.82) is 5.26 Å². The van der Waals surface area contributed by atoms with Gasteiger partial charge in [0.1, 0.15) is 5.75 Å². The Hall–Kier alpha value is -3.08. The minimum atomic E-state index is -1.37. The van der Waals surface area contributed by atoms with Crippen molar-refractivity contribution in [3.63, 3.8) is 0 Å². The van der Waals surface area contributed by atoms with Crippen LogP contribution in [0.4, 0.5) is 4.79 Å². The molecule has 0 aliphatic rings. The first-order chi connectivity index (χ1) is 12.0. The number of nitriles is 1. The molecule has 0 radical (unpaired) electrons. The maximum Gasteiger partial charge on any atom is 0.314 e. The summed E-state index contributed by atoms with van der Waals surface area (Å²) in [5.74, 6) is -1.78. The summed E-state index contributed by atoms with van der Waals surface area (Å²) < 4.78 is 5.06. The van der Waals surface area contributed by atoms with E-state index in [0.717, 1.165) is 11.3 Å². The molecule has 3 N–H and O–H groups in total. The van der Waals surface area contributed by atoms with Gasteiger partial charge in [0.25, 0.3) is 0 Å². The number of nitrogens with zero attached hydrogens (tertiary/aromatic N) is 1. The van der Waals surface area contributed by atoms with Gasteiger partial charge in [0.15, 0.2) is 11.7 Å². The lowest BCUT2D eigenvalue weighted by Crippen LogP contribution is -2.38. The first-order valence-corrected chi connectivity index (χ1v) is 7.80. The highest BCUT2D eigenvalue weighted by Gasteiger charge is 2.25. The fraction of sp³-hybridized carbons (Fsp3) is 0.412. The normalized spacial score (nSPS) is 10.9. The van der Waals surface area contributed by atoms with Crippen LogP contribution in [0.1, 0.15) is 12.0 Å². The summed E-state index contributed by atoms with van der Waals surface area (Å²) in [5, 5.41) is 16.4. The van der Waals surface area contributed by atoms with Gasteiger partial charge in [-0.1, -0.05) is 12.1 Å². The van der Waals surface area contributed by atoms with Gasteiger partial charge >= 0.3 is 6.03 Å². The summed E-state index contributed by atoms with van der Waals surface area (Å²) in [4.78, 5) is 34.9. The van der Waals surface area contributed by atoms with Crippen molar-refractivity contribution >= 4 is 17.7 Å². The van der Waals surface area contributed by atoms with E-state index in [1.165, 1.54) is 7.05 Å². The molecule has 1 aromatic carbocycles. The van der Waals surface area contributed by atoms with Crippen molar-refractivity contribution < 1.29 is 19.1 Å². The number of carbonyl (C=O) groups excluding carboxylic acids is 3. The van der Waals surface area contributed by atoms with Gasteiger partial charge in [0.05, 0.1) is 13.2 Å². The number of hydrogen-bond acceptors (Lipinski definition) is 5. The van der Waals surface area contributed by atoms with Gasteiger partial charge < -0.3 is 20.7 Å². The molecule has 1 atom stereocenters. The van der Waals surface area contributed by atoms with Crippen LogP contribution >= 0.6 is 0 Å². The van der Waals surface area contributed by atoms with Crippen molar-refractivity contribution in [3.05, 3.63) is 29.8 Å². The second-order valence-electron chi connectivity index (χ2n) is 5.17. The van der Waals surface area contributed by atoms with E-state index in [1.807, 2.05) is 24.3 Å². The molecule has 0 heterocycles. The van der Waals surface area contributed by atoms with E-state index >= 15 is 0 Å². The molecule has 134 valence electrons. The number of nitrogens with one attached hydrogen (secondary N) is 3. The third-order valence-corrected chi connectivity index (χ3v) is 3.47. The molecule has 8 nitrogen and oxygen atoms in total. The fourth-order valence-electron chi connectivity index (χ4n) is 2.03. The van der Waals surface area contributed by atoms with Crippen LogP contribution in [0.2, 0.25) is 0 Å². The summed E-state index contributed by atoms with van der Waals surface area (Å²) >= 11 is 0. The first-order valence-electron chi connectivity index (χ1n) is 7.80. The summed E-state index contributed by atoms with van der Waals surface area (Å²) in [7, 11) is 3.03. The zero-order valence-electron chi connectivity index (χ0n) is 14.3. The highest BCUT2D eigenvalue weighted by molar-refractivity contribution is 6.04. The minimum absolute atomic E-state index is 0.0653. The minimum Gasteiger partial charge on any atom is -0.497 e. The van der Waals surface area contributed by atoms with Crippen LogP contribution in [0.5, 0.6) is 5.75 Å². The third-order valence-electron chi connectivity index (χ3n) is 3.47. The second kappa shape index (κ2) is 10.6. The number of amides is 3. The van der Waals surface area contributed by atoms with Gasteiger partial charge in [0.2, 0.25) is 5.91 Å². The lowest BCUT2D eigenvalue weighted by atomic mass is 10.0. The van der Waals surface area contributed by atoms with E-state index in [4.69, 9.17) is 10.00 Å². The number of benzene rings is 1. The topological polar surface area (TPSA) is 120 Å². The maximum absolute atomic E-state index is 12.0. The van der Waals surface area contributed by atoms with Crippen LogP contribution in [0.3, 0.4) is 0 Å². The van der Waals surface area contributed by atoms with E-state index in [2.05, 4.69) is 16.0 Å². The molecule has 1 aromatic rings. The molecule has 3 amide bonds. The molecule has 0 bridgehead atoms. The molecule has 0 aliphatic heterocycles. The molecule has 0 saturated heterocycles. The van der Waals surface area contributed by atoms with Crippen molar-refractivity contribution in [2.45, 2.75) is 12.8 Å². The molecule has 1 unspecified atom stereocenters. The molecular weight excluding hydrogens is 324 g/mol. The largest absolute Gasteiger partial charge is 0.497 e. The zero-order valence-corrected chi connectivity index (χ0v) is 14.3. The van der Waals surface area contributed by atoms with Crippen LogP contribution in [-0.4, -0.2) is 45.0 Å². The van der Waals surface area contributed by atoms with Crippen LogP contribution < -0.4 is 20.7 Å². The van der Waals surface area contributed by atoms with Gasteiger partial charge in [-0.05, 0) is 24.1 Å². The molecule has 25 heavy (non-hydrogen) atoms. The lowest BCUT2D eigenvalue weighted by Gasteiger charge is -2.10.